The highest BCUT2D eigenvalue weighted by Gasteiger charge is 2.11. The van der Waals surface area contributed by atoms with E-state index in [1.54, 1.807) is 4.90 Å². The van der Waals surface area contributed by atoms with Crippen LogP contribution in [0.4, 0.5) is 5.95 Å². The highest BCUT2D eigenvalue weighted by Crippen LogP contribution is 2.14. The van der Waals surface area contributed by atoms with Crippen molar-refractivity contribution >= 4 is 29.2 Å². The van der Waals surface area contributed by atoms with Gasteiger partial charge in [0.15, 0.2) is 0 Å². The van der Waals surface area contributed by atoms with Crippen molar-refractivity contribution in [3.05, 3.63) is 10.6 Å². The molecule has 1 aromatic heterocycles. The van der Waals surface area contributed by atoms with Crippen LogP contribution in [0.2, 0.25) is 10.6 Å². The molecule has 17 heavy (non-hydrogen) atoms. The maximum Gasteiger partial charge on any atom is 0.231 e. The van der Waals surface area contributed by atoms with Crippen molar-refractivity contribution in [2.45, 2.75) is 12.8 Å². The second kappa shape index (κ2) is 6.85. The summed E-state index contributed by atoms with van der Waals surface area (Å²) < 4.78 is 0. The summed E-state index contributed by atoms with van der Waals surface area (Å²) >= 11 is 11.3. The molecule has 1 aromatic rings. The number of halogens is 2. The minimum atomic E-state index is -0.0149. The summed E-state index contributed by atoms with van der Waals surface area (Å²) in [4.78, 5) is 13.1. The molecule has 1 rings (SSSR count). The third-order valence-corrected chi connectivity index (χ3v) is 2.18. The van der Waals surface area contributed by atoms with E-state index >= 15 is 0 Å². The second-order valence-corrected chi connectivity index (χ2v) is 3.65. The van der Waals surface area contributed by atoms with E-state index < -0.39 is 0 Å². The van der Waals surface area contributed by atoms with Gasteiger partial charge in [-0.3, -0.25) is 0 Å². The number of hydrogen-bond acceptors (Lipinski definition) is 6. The van der Waals surface area contributed by atoms with Gasteiger partial charge in [-0.25, -0.2) is 0 Å². The Kier molecular flexibility index (Phi) is 5.41. The lowest BCUT2D eigenvalue weighted by molar-refractivity contribution is 0.759. The van der Waals surface area contributed by atoms with Gasteiger partial charge in [0.05, 0.1) is 25.0 Å². The Hall–Kier alpha value is -1.63. The molecule has 0 fully saturated rings. The van der Waals surface area contributed by atoms with Crippen LogP contribution in [0, 0.1) is 22.7 Å². The van der Waals surface area contributed by atoms with Gasteiger partial charge in [-0.15, -0.1) is 0 Å². The molecule has 0 spiro atoms. The van der Waals surface area contributed by atoms with Gasteiger partial charge in [0.2, 0.25) is 16.5 Å². The molecular weight excluding hydrogens is 263 g/mol. The largest absolute Gasteiger partial charge is 0.339 e. The maximum absolute atomic E-state index is 8.55. The summed E-state index contributed by atoms with van der Waals surface area (Å²) in [5, 5.41) is 17.1. The zero-order valence-electron chi connectivity index (χ0n) is 8.77. The molecule has 0 bridgehead atoms. The Morgan fingerprint density at radius 2 is 1.41 bits per heavy atom. The van der Waals surface area contributed by atoms with Gasteiger partial charge in [-0.1, -0.05) is 0 Å². The molecular formula is C9H8Cl2N6. The normalized spacial score (nSPS) is 9.41. The summed E-state index contributed by atoms with van der Waals surface area (Å²) in [6, 6.07) is 4.02. The van der Waals surface area contributed by atoms with E-state index in [4.69, 9.17) is 33.7 Å². The first kappa shape index (κ1) is 13.4. The zero-order chi connectivity index (χ0) is 12.7. The van der Waals surface area contributed by atoms with Crippen LogP contribution in [-0.2, 0) is 0 Å². The summed E-state index contributed by atoms with van der Waals surface area (Å²) in [7, 11) is 0. The minimum absolute atomic E-state index is 0.0149. The molecule has 0 amide bonds. The fraction of sp³-hybridized carbons (Fsp3) is 0.444. The van der Waals surface area contributed by atoms with Gasteiger partial charge >= 0.3 is 0 Å². The summed E-state index contributed by atoms with van der Waals surface area (Å²) in [6.07, 6.45) is 0.596. The van der Waals surface area contributed by atoms with Crippen LogP contribution in [0.15, 0.2) is 0 Å². The van der Waals surface area contributed by atoms with Crippen LogP contribution in [0.25, 0.3) is 0 Å². The van der Waals surface area contributed by atoms with E-state index in [0.717, 1.165) is 0 Å². The first-order chi connectivity index (χ1) is 8.17. The topological polar surface area (TPSA) is 89.5 Å². The molecule has 8 heteroatoms. The van der Waals surface area contributed by atoms with E-state index in [1.165, 1.54) is 0 Å². The summed E-state index contributed by atoms with van der Waals surface area (Å²) in [5.41, 5.74) is 0. The van der Waals surface area contributed by atoms with Crippen LogP contribution in [0.1, 0.15) is 12.8 Å². The quantitative estimate of drug-likeness (QED) is 0.811. The molecule has 88 valence electrons. The Morgan fingerprint density at radius 3 is 1.82 bits per heavy atom. The predicted molar refractivity (Wildman–Crippen MR) is 62.5 cm³/mol. The average molecular weight is 271 g/mol. The molecule has 0 saturated carbocycles. The third kappa shape index (κ3) is 4.39. The van der Waals surface area contributed by atoms with E-state index in [1.807, 2.05) is 12.1 Å². The van der Waals surface area contributed by atoms with Crippen LogP contribution < -0.4 is 4.90 Å². The summed E-state index contributed by atoms with van der Waals surface area (Å²) in [6.45, 7) is 0.823. The van der Waals surface area contributed by atoms with E-state index in [9.17, 15) is 0 Å². The first-order valence-electron chi connectivity index (χ1n) is 4.73. The van der Waals surface area contributed by atoms with Crippen molar-refractivity contribution in [2.75, 3.05) is 18.0 Å². The van der Waals surface area contributed by atoms with Gasteiger partial charge in [0.1, 0.15) is 0 Å². The number of hydrogen-bond donors (Lipinski definition) is 0. The minimum Gasteiger partial charge on any atom is -0.339 e. The molecule has 0 aliphatic carbocycles. The molecule has 1 heterocycles. The van der Waals surface area contributed by atoms with Gasteiger partial charge in [0, 0.05) is 13.1 Å². The highest BCUT2D eigenvalue weighted by atomic mass is 35.5. The van der Waals surface area contributed by atoms with Gasteiger partial charge in [0.25, 0.3) is 0 Å². The zero-order valence-corrected chi connectivity index (χ0v) is 10.3. The monoisotopic (exact) mass is 270 g/mol. The Bertz CT molecular complexity index is 425. The molecule has 0 N–H and O–H groups in total. The van der Waals surface area contributed by atoms with Crippen molar-refractivity contribution in [2.24, 2.45) is 0 Å². The molecule has 0 aliphatic heterocycles. The van der Waals surface area contributed by atoms with Crippen LogP contribution >= 0.6 is 23.2 Å². The van der Waals surface area contributed by atoms with Crippen molar-refractivity contribution in [3.63, 3.8) is 0 Å². The van der Waals surface area contributed by atoms with Crippen LogP contribution in [-0.4, -0.2) is 28.0 Å². The number of anilines is 1. The van der Waals surface area contributed by atoms with E-state index in [-0.39, 0.29) is 16.5 Å². The lowest BCUT2D eigenvalue weighted by Gasteiger charge is -2.19. The molecule has 0 radical (unpaired) electrons. The average Bonchev–Trinajstić information content (AvgIpc) is 2.28. The number of aromatic nitrogens is 3. The molecule has 0 aromatic carbocycles. The first-order valence-corrected chi connectivity index (χ1v) is 5.49. The van der Waals surface area contributed by atoms with Gasteiger partial charge in [-0.05, 0) is 23.2 Å². The molecule has 0 atom stereocenters. The van der Waals surface area contributed by atoms with Gasteiger partial charge < -0.3 is 4.90 Å². The van der Waals surface area contributed by atoms with E-state index in [2.05, 4.69) is 15.0 Å². The molecule has 0 unspecified atom stereocenters. The number of nitrogens with zero attached hydrogens (tertiary/aromatic N) is 6. The molecule has 0 aliphatic rings. The second-order valence-electron chi connectivity index (χ2n) is 2.98. The standard InChI is InChI=1S/C9H8Cl2N6/c10-7-14-8(11)16-9(15-7)17(5-1-3-12)6-2-4-13/h1-2,5-6H2. The number of nitriles is 2. The Balaban J connectivity index is 2.87. The van der Waals surface area contributed by atoms with Gasteiger partial charge in [-0.2, -0.15) is 25.5 Å². The maximum atomic E-state index is 8.55. The van der Waals surface area contributed by atoms with Crippen molar-refractivity contribution in [3.8, 4) is 12.1 Å². The van der Waals surface area contributed by atoms with Crippen molar-refractivity contribution in [1.82, 2.24) is 15.0 Å². The molecule has 6 nitrogen and oxygen atoms in total. The van der Waals surface area contributed by atoms with Crippen molar-refractivity contribution < 1.29 is 0 Å². The summed E-state index contributed by atoms with van der Waals surface area (Å²) in [5.74, 6) is 0.278. The lowest BCUT2D eigenvalue weighted by Crippen LogP contribution is -2.27. The number of rotatable bonds is 5. The smallest absolute Gasteiger partial charge is 0.231 e. The Labute approximate surface area is 108 Å². The van der Waals surface area contributed by atoms with Crippen LogP contribution in [0.3, 0.4) is 0 Å². The van der Waals surface area contributed by atoms with E-state index in [0.29, 0.717) is 25.9 Å². The van der Waals surface area contributed by atoms with Crippen LogP contribution in [0.5, 0.6) is 0 Å². The fourth-order valence-electron chi connectivity index (χ4n) is 1.14. The predicted octanol–water partition coefficient (Wildman–Crippen LogP) is 1.81. The fourth-order valence-corrected chi connectivity index (χ4v) is 1.49. The lowest BCUT2D eigenvalue weighted by atomic mass is 10.3. The Morgan fingerprint density at radius 1 is 0.941 bits per heavy atom. The highest BCUT2D eigenvalue weighted by molar-refractivity contribution is 6.31. The third-order valence-electron chi connectivity index (χ3n) is 1.84. The molecule has 0 saturated heterocycles. The van der Waals surface area contributed by atoms with Crippen molar-refractivity contribution in [1.29, 1.82) is 10.5 Å². The SMILES string of the molecule is N#CCCN(CCC#N)c1nc(Cl)nc(Cl)n1.